The Hall–Kier alpha value is -4.84. The highest BCUT2D eigenvalue weighted by molar-refractivity contribution is 5.99. The summed E-state index contributed by atoms with van der Waals surface area (Å²) in [6, 6.07) is 15.6. The van der Waals surface area contributed by atoms with Gasteiger partial charge in [0, 0.05) is 23.6 Å². The molecule has 3 N–H and O–H groups in total. The lowest BCUT2D eigenvalue weighted by molar-refractivity contribution is -0.118. The number of nitrogen functional groups attached to an aromatic ring is 1. The lowest BCUT2D eigenvalue weighted by Crippen LogP contribution is -2.38. The summed E-state index contributed by atoms with van der Waals surface area (Å²) in [6.07, 6.45) is 8.89. The van der Waals surface area contributed by atoms with Gasteiger partial charge in [-0.1, -0.05) is 60.2 Å². The van der Waals surface area contributed by atoms with Gasteiger partial charge in [0.25, 0.3) is 0 Å². The summed E-state index contributed by atoms with van der Waals surface area (Å²) < 4.78 is 1.95. The number of anilines is 1. The van der Waals surface area contributed by atoms with Crippen molar-refractivity contribution in [2.24, 2.45) is 5.92 Å². The third-order valence-corrected chi connectivity index (χ3v) is 8.23. The van der Waals surface area contributed by atoms with Crippen molar-refractivity contribution in [1.29, 1.82) is 0 Å². The fourth-order valence-electron chi connectivity index (χ4n) is 5.63. The smallest absolute Gasteiger partial charge is 0.250 e. The standard InChI is InChI=1S/C33H33N7O2/c1-20-3-9-23(10-4-20)28(41)18-22-7-11-24(12-8-22)30-29-31(34)36-19-37-32(29)40(39-30)26-15-13-25(14-16-26)38-33(42)27(35-2)17-21-5-6-21/h3-4,7-12,17,19,21,25-26H,5-6,13-16,18H2,1H3,(H,38,42)(H2,34,36,37)/b27-17+. The van der Waals surface area contributed by atoms with E-state index >= 15 is 0 Å². The first-order chi connectivity index (χ1) is 20.4. The number of ketones is 1. The second-order valence-corrected chi connectivity index (χ2v) is 11.4. The van der Waals surface area contributed by atoms with Crippen molar-refractivity contribution in [1.82, 2.24) is 25.1 Å². The van der Waals surface area contributed by atoms with Crippen LogP contribution in [0.1, 0.15) is 66.1 Å². The number of rotatable bonds is 8. The highest BCUT2D eigenvalue weighted by Crippen LogP contribution is 2.36. The minimum atomic E-state index is -0.267. The van der Waals surface area contributed by atoms with Crippen molar-refractivity contribution in [3.63, 3.8) is 0 Å². The molecule has 1 amide bonds. The molecule has 9 nitrogen and oxygen atoms in total. The van der Waals surface area contributed by atoms with E-state index in [0.717, 1.165) is 55.2 Å². The minimum Gasteiger partial charge on any atom is -0.383 e. The maximum atomic E-state index is 12.8. The Labute approximate surface area is 244 Å². The Kier molecular flexibility index (Phi) is 7.53. The van der Waals surface area contributed by atoms with Crippen LogP contribution in [0.5, 0.6) is 0 Å². The number of nitrogens with two attached hydrogens (primary N) is 1. The normalized spacial score (nSPS) is 18.9. The molecule has 4 aromatic rings. The monoisotopic (exact) mass is 559 g/mol. The molecule has 0 radical (unpaired) electrons. The minimum absolute atomic E-state index is 0.0225. The number of hydrogen-bond donors (Lipinski definition) is 2. The molecular formula is C33H33N7O2. The van der Waals surface area contributed by atoms with Crippen LogP contribution in [0.3, 0.4) is 0 Å². The SMILES string of the molecule is [C-]#[N+]/C(=C/C1CC1)C(=O)NC1CCC(n2nc(-c3ccc(CC(=O)c4ccc(C)cc4)cc3)c3c(N)ncnc32)CC1. The summed E-state index contributed by atoms with van der Waals surface area (Å²) in [5, 5.41) is 8.76. The van der Waals surface area contributed by atoms with E-state index in [2.05, 4.69) is 20.1 Å². The molecule has 6 rings (SSSR count). The number of benzene rings is 2. The lowest BCUT2D eigenvalue weighted by Gasteiger charge is -2.29. The number of carbonyl (C=O) groups excluding carboxylic acids is 2. The third-order valence-electron chi connectivity index (χ3n) is 8.23. The molecule has 2 heterocycles. The van der Waals surface area contributed by atoms with Gasteiger partial charge in [0.05, 0.1) is 18.0 Å². The molecule has 2 aromatic heterocycles. The van der Waals surface area contributed by atoms with Crippen LogP contribution in [-0.4, -0.2) is 37.5 Å². The van der Waals surface area contributed by atoms with E-state index in [0.29, 0.717) is 40.4 Å². The van der Waals surface area contributed by atoms with Gasteiger partial charge in [-0.2, -0.15) is 5.10 Å². The Bertz CT molecular complexity index is 1700. The van der Waals surface area contributed by atoms with Gasteiger partial charge >= 0.3 is 0 Å². The van der Waals surface area contributed by atoms with Gasteiger partial charge < -0.3 is 11.1 Å². The summed E-state index contributed by atoms with van der Waals surface area (Å²) in [5.41, 5.74) is 11.6. The second kappa shape index (κ2) is 11.6. The number of hydrogen-bond acceptors (Lipinski definition) is 6. The zero-order chi connectivity index (χ0) is 29.2. The molecule has 9 heteroatoms. The number of aryl methyl sites for hydroxylation is 1. The quantitative estimate of drug-likeness (QED) is 0.164. The van der Waals surface area contributed by atoms with Crippen molar-refractivity contribution < 1.29 is 9.59 Å². The number of nitrogens with zero attached hydrogens (tertiary/aromatic N) is 5. The molecule has 0 spiro atoms. The molecule has 0 aliphatic heterocycles. The Morgan fingerprint density at radius 2 is 1.74 bits per heavy atom. The van der Waals surface area contributed by atoms with E-state index in [1.165, 1.54) is 6.33 Å². The zero-order valence-corrected chi connectivity index (χ0v) is 23.6. The molecule has 2 aromatic carbocycles. The average Bonchev–Trinajstić information content (AvgIpc) is 3.74. The molecule has 2 fully saturated rings. The topological polar surface area (TPSA) is 120 Å². The van der Waals surface area contributed by atoms with Crippen LogP contribution >= 0.6 is 0 Å². The number of allylic oxidation sites excluding steroid dienone is 1. The van der Waals surface area contributed by atoms with E-state index in [9.17, 15) is 9.59 Å². The molecule has 0 unspecified atom stereocenters. The maximum Gasteiger partial charge on any atom is 0.250 e. The van der Waals surface area contributed by atoms with Gasteiger partial charge in [-0.25, -0.2) is 19.5 Å². The van der Waals surface area contributed by atoms with Gasteiger partial charge in [0.1, 0.15) is 17.8 Å². The van der Waals surface area contributed by atoms with Gasteiger partial charge in [-0.15, -0.1) is 0 Å². The van der Waals surface area contributed by atoms with Crippen molar-refractivity contribution in [3.8, 4) is 11.3 Å². The third kappa shape index (κ3) is 5.79. The van der Waals surface area contributed by atoms with E-state index in [1.54, 1.807) is 0 Å². The molecule has 2 aliphatic carbocycles. The summed E-state index contributed by atoms with van der Waals surface area (Å²) in [5.74, 6) is 0.558. The number of amides is 1. The van der Waals surface area contributed by atoms with Crippen LogP contribution in [0.25, 0.3) is 27.1 Å². The molecular weight excluding hydrogens is 526 g/mol. The Morgan fingerprint density at radius 3 is 2.40 bits per heavy atom. The van der Waals surface area contributed by atoms with Crippen LogP contribution in [0.4, 0.5) is 5.82 Å². The van der Waals surface area contributed by atoms with Gasteiger partial charge in [-0.05, 0) is 56.9 Å². The molecule has 0 saturated heterocycles. The lowest BCUT2D eigenvalue weighted by atomic mass is 9.91. The number of nitrogens with one attached hydrogen (secondary N) is 1. The molecule has 0 bridgehead atoms. The van der Waals surface area contributed by atoms with Crippen molar-refractivity contribution >= 4 is 28.5 Å². The number of fused-ring (bicyclic) bond motifs is 1. The number of Topliss-reactive ketones (excluding diaryl/α,β-unsaturated/α-hetero) is 1. The van der Waals surface area contributed by atoms with Crippen molar-refractivity contribution in [3.05, 3.63) is 94.7 Å². The van der Waals surface area contributed by atoms with Crippen molar-refractivity contribution in [2.75, 3.05) is 5.73 Å². The predicted octanol–water partition coefficient (Wildman–Crippen LogP) is 5.62. The number of aromatic nitrogens is 4. The Morgan fingerprint density at radius 1 is 1.02 bits per heavy atom. The van der Waals surface area contributed by atoms with Crippen LogP contribution in [0.15, 0.2) is 66.6 Å². The van der Waals surface area contributed by atoms with Crippen LogP contribution in [0.2, 0.25) is 0 Å². The molecule has 0 atom stereocenters. The molecule has 42 heavy (non-hydrogen) atoms. The largest absolute Gasteiger partial charge is 0.383 e. The Balaban J connectivity index is 1.17. The van der Waals surface area contributed by atoms with E-state index in [4.69, 9.17) is 17.4 Å². The van der Waals surface area contributed by atoms with E-state index in [1.807, 2.05) is 66.2 Å². The summed E-state index contributed by atoms with van der Waals surface area (Å²) in [7, 11) is 0. The molecule has 2 saturated carbocycles. The first-order valence-electron chi connectivity index (χ1n) is 14.5. The van der Waals surface area contributed by atoms with Crippen LogP contribution in [-0.2, 0) is 11.2 Å². The predicted molar refractivity (Wildman–Crippen MR) is 161 cm³/mol. The van der Waals surface area contributed by atoms with E-state index in [-0.39, 0.29) is 29.5 Å². The van der Waals surface area contributed by atoms with Crippen molar-refractivity contribution in [2.45, 2.75) is 64.0 Å². The molecule has 2 aliphatic rings. The summed E-state index contributed by atoms with van der Waals surface area (Å²) in [4.78, 5) is 37.6. The fraction of sp³-hybridized carbons (Fsp3) is 0.333. The average molecular weight is 560 g/mol. The first-order valence-corrected chi connectivity index (χ1v) is 14.5. The van der Waals surface area contributed by atoms with Crippen LogP contribution < -0.4 is 11.1 Å². The summed E-state index contributed by atoms with van der Waals surface area (Å²) in [6.45, 7) is 9.37. The fourth-order valence-corrected chi connectivity index (χ4v) is 5.63. The number of carbonyl (C=O) groups is 2. The summed E-state index contributed by atoms with van der Waals surface area (Å²) >= 11 is 0. The van der Waals surface area contributed by atoms with Gasteiger partial charge in [0.2, 0.25) is 11.6 Å². The first kappa shape index (κ1) is 27.3. The van der Waals surface area contributed by atoms with Crippen LogP contribution in [0, 0.1) is 19.4 Å². The second-order valence-electron chi connectivity index (χ2n) is 11.4. The zero-order valence-electron chi connectivity index (χ0n) is 23.6. The maximum absolute atomic E-state index is 12.8. The highest BCUT2D eigenvalue weighted by Gasteiger charge is 2.29. The van der Waals surface area contributed by atoms with E-state index < -0.39 is 0 Å². The highest BCUT2D eigenvalue weighted by atomic mass is 16.2. The van der Waals surface area contributed by atoms with Gasteiger partial charge in [0.15, 0.2) is 11.4 Å². The van der Waals surface area contributed by atoms with Gasteiger partial charge in [-0.3, -0.25) is 9.59 Å². The molecule has 212 valence electrons.